The van der Waals surface area contributed by atoms with E-state index in [-0.39, 0.29) is 17.6 Å². The monoisotopic (exact) mass is 338 g/mol. The summed E-state index contributed by atoms with van der Waals surface area (Å²) in [4.78, 5) is 25.6. The van der Waals surface area contributed by atoms with Gasteiger partial charge in [-0.05, 0) is 30.7 Å². The number of carboxylic acid groups (broad SMARTS) is 1. The lowest BCUT2D eigenvalue weighted by Crippen LogP contribution is -2.64. The number of amides is 2. The minimum absolute atomic E-state index is 0.187. The zero-order valence-corrected chi connectivity index (χ0v) is 13.7. The summed E-state index contributed by atoms with van der Waals surface area (Å²) in [5, 5.41) is 12.2. The largest absolute Gasteiger partial charge is 0.478 e. The highest BCUT2D eigenvalue weighted by atomic mass is 16.5. The third kappa shape index (κ3) is 2.59. The van der Waals surface area contributed by atoms with Gasteiger partial charge in [-0.2, -0.15) is 0 Å². The number of nitrogens with zero attached hydrogens (tertiary/aromatic N) is 1. The summed E-state index contributed by atoms with van der Waals surface area (Å²) in [7, 11) is 0. The van der Waals surface area contributed by atoms with Gasteiger partial charge in [0.1, 0.15) is 5.75 Å². The van der Waals surface area contributed by atoms with Gasteiger partial charge in [-0.25, -0.2) is 9.59 Å². The van der Waals surface area contributed by atoms with Crippen LogP contribution in [0.2, 0.25) is 0 Å². The quantitative estimate of drug-likeness (QED) is 0.901. The molecule has 2 atom stereocenters. The van der Waals surface area contributed by atoms with Crippen LogP contribution in [0, 0.1) is 0 Å². The lowest BCUT2D eigenvalue weighted by Gasteiger charge is -2.50. The van der Waals surface area contributed by atoms with E-state index >= 15 is 0 Å². The fourth-order valence-corrected chi connectivity index (χ4v) is 3.55. The van der Waals surface area contributed by atoms with Crippen LogP contribution in [0.3, 0.4) is 0 Å². The molecule has 128 valence electrons. The Bertz CT molecular complexity index is 852. The fourth-order valence-electron chi connectivity index (χ4n) is 3.55. The van der Waals surface area contributed by atoms with E-state index in [0.29, 0.717) is 24.3 Å². The first-order chi connectivity index (χ1) is 12.0. The van der Waals surface area contributed by atoms with E-state index in [9.17, 15) is 14.7 Å². The summed E-state index contributed by atoms with van der Waals surface area (Å²) >= 11 is 0. The number of carboxylic acids is 1. The number of rotatable bonds is 3. The Morgan fingerprint density at radius 1 is 1.32 bits per heavy atom. The predicted octanol–water partition coefficient (Wildman–Crippen LogP) is 3.15. The Hall–Kier alpha value is -3.02. The van der Waals surface area contributed by atoms with Gasteiger partial charge in [0.2, 0.25) is 0 Å². The Labute approximate surface area is 145 Å². The maximum atomic E-state index is 12.7. The van der Waals surface area contributed by atoms with E-state index in [1.54, 1.807) is 17.0 Å². The van der Waals surface area contributed by atoms with Crippen molar-refractivity contribution in [3.63, 3.8) is 0 Å². The van der Waals surface area contributed by atoms with Crippen LogP contribution >= 0.6 is 0 Å². The summed E-state index contributed by atoms with van der Waals surface area (Å²) in [6, 6.07) is 14.1. The second-order valence-electron chi connectivity index (χ2n) is 6.61. The average Bonchev–Trinajstić information content (AvgIpc) is 2.59. The van der Waals surface area contributed by atoms with Gasteiger partial charge in [0, 0.05) is 12.0 Å². The van der Waals surface area contributed by atoms with Gasteiger partial charge in [0.15, 0.2) is 5.72 Å². The predicted molar refractivity (Wildman–Crippen MR) is 90.3 cm³/mol. The van der Waals surface area contributed by atoms with E-state index < -0.39 is 11.7 Å². The van der Waals surface area contributed by atoms with Crippen LogP contribution in [0.5, 0.6) is 5.75 Å². The van der Waals surface area contributed by atoms with Crippen LogP contribution in [0.4, 0.5) is 4.79 Å². The van der Waals surface area contributed by atoms with E-state index in [4.69, 9.17) is 4.74 Å². The standard InChI is InChI=1S/C19H18N2O4/c1-19-10-15(14-9-13(17(22)23)7-8-16(14)25-19)20-18(24)21(19)11-12-5-3-2-4-6-12/h2-9,15H,10-11H2,1H3,(H,20,24)(H,22,23). The molecule has 6 nitrogen and oxygen atoms in total. The fraction of sp³-hybridized carbons (Fsp3) is 0.263. The molecule has 0 spiro atoms. The maximum absolute atomic E-state index is 12.7. The molecular formula is C19H18N2O4. The molecule has 0 radical (unpaired) electrons. The van der Waals surface area contributed by atoms with Crippen molar-refractivity contribution in [1.29, 1.82) is 0 Å². The van der Waals surface area contributed by atoms with Crippen molar-refractivity contribution in [2.45, 2.75) is 31.7 Å². The number of urea groups is 1. The van der Waals surface area contributed by atoms with E-state index in [1.807, 2.05) is 37.3 Å². The van der Waals surface area contributed by atoms with Crippen molar-refractivity contribution < 1.29 is 19.4 Å². The number of carbonyl (C=O) groups is 2. The molecule has 2 bridgehead atoms. The highest BCUT2D eigenvalue weighted by Gasteiger charge is 2.49. The number of ether oxygens (including phenoxy) is 1. The Morgan fingerprint density at radius 2 is 2.08 bits per heavy atom. The number of hydrogen-bond acceptors (Lipinski definition) is 3. The number of hydrogen-bond donors (Lipinski definition) is 2. The maximum Gasteiger partial charge on any atom is 0.335 e. The highest BCUT2D eigenvalue weighted by molar-refractivity contribution is 5.88. The first-order valence-corrected chi connectivity index (χ1v) is 8.14. The van der Waals surface area contributed by atoms with Crippen LogP contribution in [-0.4, -0.2) is 27.7 Å². The van der Waals surface area contributed by atoms with Gasteiger partial charge in [-0.3, -0.25) is 4.90 Å². The zero-order valence-electron chi connectivity index (χ0n) is 13.7. The van der Waals surface area contributed by atoms with E-state index in [1.165, 1.54) is 6.07 Å². The molecule has 2 N–H and O–H groups in total. The number of aromatic carboxylic acids is 1. The second-order valence-corrected chi connectivity index (χ2v) is 6.61. The van der Waals surface area contributed by atoms with Crippen LogP contribution in [0.25, 0.3) is 0 Å². The highest BCUT2D eigenvalue weighted by Crippen LogP contribution is 2.44. The van der Waals surface area contributed by atoms with Crippen molar-refractivity contribution in [1.82, 2.24) is 10.2 Å². The molecule has 2 aromatic carbocycles. The lowest BCUT2D eigenvalue weighted by atomic mass is 9.89. The molecule has 0 aliphatic carbocycles. The minimum atomic E-state index is -0.996. The zero-order chi connectivity index (χ0) is 17.6. The first kappa shape index (κ1) is 15.5. The van der Waals surface area contributed by atoms with Gasteiger partial charge in [0.25, 0.3) is 0 Å². The Morgan fingerprint density at radius 3 is 2.80 bits per heavy atom. The van der Waals surface area contributed by atoms with Gasteiger partial charge in [-0.1, -0.05) is 30.3 Å². The van der Waals surface area contributed by atoms with Crippen LogP contribution in [0.15, 0.2) is 48.5 Å². The number of fused-ring (bicyclic) bond motifs is 4. The third-order valence-electron chi connectivity index (χ3n) is 4.84. The topological polar surface area (TPSA) is 78.9 Å². The molecule has 4 rings (SSSR count). The van der Waals surface area contributed by atoms with Crippen LogP contribution in [0.1, 0.15) is 40.9 Å². The molecule has 6 heteroatoms. The SMILES string of the molecule is CC12CC(NC(=O)N1Cc1ccccc1)c1cc(C(=O)O)ccc1O2. The summed E-state index contributed by atoms with van der Waals surface area (Å²) in [5.74, 6) is -0.384. The molecule has 25 heavy (non-hydrogen) atoms. The van der Waals surface area contributed by atoms with Crippen molar-refractivity contribution in [2.24, 2.45) is 0 Å². The second kappa shape index (κ2) is 5.51. The lowest BCUT2D eigenvalue weighted by molar-refractivity contribution is -0.0879. The number of benzene rings is 2. The summed E-state index contributed by atoms with van der Waals surface area (Å²) in [6.45, 7) is 2.34. The third-order valence-corrected chi connectivity index (χ3v) is 4.84. The molecule has 2 unspecified atom stereocenters. The Balaban J connectivity index is 1.69. The average molecular weight is 338 g/mol. The van der Waals surface area contributed by atoms with Crippen molar-refractivity contribution >= 4 is 12.0 Å². The van der Waals surface area contributed by atoms with Crippen molar-refractivity contribution in [3.05, 3.63) is 65.2 Å². The van der Waals surface area contributed by atoms with Crippen LogP contribution in [-0.2, 0) is 6.54 Å². The minimum Gasteiger partial charge on any atom is -0.478 e. The molecule has 1 fully saturated rings. The molecule has 2 aliphatic rings. The molecule has 2 heterocycles. The molecule has 0 saturated carbocycles. The summed E-state index contributed by atoms with van der Waals surface area (Å²) < 4.78 is 6.15. The van der Waals surface area contributed by atoms with E-state index in [2.05, 4.69) is 5.32 Å². The van der Waals surface area contributed by atoms with Gasteiger partial charge >= 0.3 is 12.0 Å². The summed E-state index contributed by atoms with van der Waals surface area (Å²) in [6.07, 6.45) is 0.557. The molecule has 2 aliphatic heterocycles. The van der Waals surface area contributed by atoms with E-state index in [0.717, 1.165) is 5.56 Å². The van der Waals surface area contributed by atoms with Crippen molar-refractivity contribution in [2.75, 3.05) is 0 Å². The van der Waals surface area contributed by atoms with Crippen molar-refractivity contribution in [3.8, 4) is 5.75 Å². The summed E-state index contributed by atoms with van der Waals surface area (Å²) in [5.41, 5.74) is 1.14. The molecule has 2 aromatic rings. The number of nitrogens with one attached hydrogen (secondary N) is 1. The van der Waals surface area contributed by atoms with Gasteiger partial charge in [0.05, 0.1) is 18.2 Å². The molecular weight excluding hydrogens is 320 g/mol. The van der Waals surface area contributed by atoms with Gasteiger partial charge in [-0.15, -0.1) is 0 Å². The molecule has 2 amide bonds. The first-order valence-electron chi connectivity index (χ1n) is 8.14. The normalized spacial score (nSPS) is 24.1. The number of carbonyl (C=O) groups excluding carboxylic acids is 1. The van der Waals surface area contributed by atoms with Crippen LogP contribution < -0.4 is 10.1 Å². The smallest absolute Gasteiger partial charge is 0.335 e. The van der Waals surface area contributed by atoms with Gasteiger partial charge < -0.3 is 15.2 Å². The molecule has 0 aromatic heterocycles. The molecule has 1 saturated heterocycles. The Kier molecular flexibility index (Phi) is 3.42.